The molecule has 0 aliphatic carbocycles. The minimum atomic E-state index is -7.28. The Balaban J connectivity index is 0.000000757. The molecular formula is C16H18F11O5S2+. The SMILES string of the molecule is Cc1cc([S+](C)C)cc(C)c1O.O=S(=O)(OOCC(F)(F)F)C(F)(F)C(F)(F)C(F)(F)C(F)F. The second kappa shape index (κ2) is 11.0. The van der Waals surface area contributed by atoms with Gasteiger partial charge in [0.2, 0.25) is 0 Å². The van der Waals surface area contributed by atoms with Gasteiger partial charge in [0.25, 0.3) is 0 Å². The van der Waals surface area contributed by atoms with Crippen LogP contribution in [-0.2, 0) is 30.2 Å². The molecule has 1 N–H and O–H groups in total. The normalized spacial score (nSPS) is 13.8. The van der Waals surface area contributed by atoms with E-state index in [1.54, 1.807) is 0 Å². The summed E-state index contributed by atoms with van der Waals surface area (Å²) in [5.74, 6) is -13.6. The van der Waals surface area contributed by atoms with Gasteiger partial charge in [-0.25, -0.2) is 13.7 Å². The average molecular weight is 563 g/mol. The van der Waals surface area contributed by atoms with Gasteiger partial charge in [0.15, 0.2) is 11.5 Å². The summed E-state index contributed by atoms with van der Waals surface area (Å²) in [6, 6.07) is 4.12. The molecular weight excluding hydrogens is 545 g/mol. The molecule has 0 heterocycles. The van der Waals surface area contributed by atoms with Crippen LogP contribution in [0.1, 0.15) is 11.1 Å². The monoisotopic (exact) mass is 563 g/mol. The number of hydrogen-bond acceptors (Lipinski definition) is 5. The zero-order chi connectivity index (χ0) is 27.5. The summed E-state index contributed by atoms with van der Waals surface area (Å²) in [5, 5.41) is 2.49. The molecule has 0 saturated carbocycles. The number of phenolic OH excluding ortho intramolecular Hbond substituents is 1. The zero-order valence-electron chi connectivity index (χ0n) is 17.5. The van der Waals surface area contributed by atoms with E-state index >= 15 is 0 Å². The maximum Gasteiger partial charge on any atom is 0.440 e. The van der Waals surface area contributed by atoms with E-state index in [-0.39, 0.29) is 10.9 Å². The van der Waals surface area contributed by atoms with E-state index in [9.17, 15) is 61.8 Å². The largest absolute Gasteiger partial charge is 0.507 e. The van der Waals surface area contributed by atoms with Crippen LogP contribution in [0, 0.1) is 13.8 Å². The molecule has 5 nitrogen and oxygen atoms in total. The first-order valence-corrected chi connectivity index (χ1v) is 11.8. The number of benzene rings is 1. The Morgan fingerprint density at radius 2 is 1.35 bits per heavy atom. The van der Waals surface area contributed by atoms with Crippen LogP contribution in [0.2, 0.25) is 0 Å². The van der Waals surface area contributed by atoms with E-state index in [1.807, 2.05) is 13.8 Å². The molecule has 0 unspecified atom stereocenters. The highest BCUT2D eigenvalue weighted by Crippen LogP contribution is 2.51. The molecule has 0 aromatic heterocycles. The van der Waals surface area contributed by atoms with Crippen LogP contribution in [0.15, 0.2) is 17.0 Å². The van der Waals surface area contributed by atoms with Gasteiger partial charge in [0.1, 0.15) is 18.3 Å². The van der Waals surface area contributed by atoms with Crippen molar-refractivity contribution in [3.8, 4) is 5.75 Å². The molecule has 34 heavy (non-hydrogen) atoms. The highest BCUT2D eigenvalue weighted by Gasteiger charge is 2.81. The lowest BCUT2D eigenvalue weighted by molar-refractivity contribution is -0.324. The Labute approximate surface area is 189 Å². The van der Waals surface area contributed by atoms with Gasteiger partial charge in [-0.2, -0.15) is 47.9 Å². The Kier molecular flexibility index (Phi) is 10.5. The fourth-order valence-corrected chi connectivity index (χ4v) is 3.37. The molecule has 0 saturated heterocycles. The molecule has 0 amide bonds. The van der Waals surface area contributed by atoms with Gasteiger partial charge in [-0.3, -0.25) is 0 Å². The highest BCUT2D eigenvalue weighted by molar-refractivity contribution is 7.95. The third-order valence-corrected chi connectivity index (χ3v) is 6.01. The van der Waals surface area contributed by atoms with Crippen LogP contribution in [-0.4, -0.2) is 62.3 Å². The second-order valence-corrected chi connectivity index (χ2v) is 10.3. The van der Waals surface area contributed by atoms with Crippen molar-refractivity contribution in [2.75, 3.05) is 19.1 Å². The molecule has 18 heteroatoms. The molecule has 0 bridgehead atoms. The van der Waals surface area contributed by atoms with Crippen molar-refractivity contribution in [3.63, 3.8) is 0 Å². The second-order valence-electron chi connectivity index (χ2n) is 6.64. The Morgan fingerprint density at radius 3 is 1.68 bits per heavy atom. The van der Waals surface area contributed by atoms with Crippen LogP contribution >= 0.6 is 0 Å². The summed E-state index contributed by atoms with van der Waals surface area (Å²) in [4.78, 5) is 3.98. The third kappa shape index (κ3) is 7.48. The Bertz CT molecular complexity index is 909. The van der Waals surface area contributed by atoms with E-state index in [2.05, 4.69) is 33.9 Å². The maximum atomic E-state index is 12.8. The van der Waals surface area contributed by atoms with Crippen molar-refractivity contribution in [2.24, 2.45) is 0 Å². The van der Waals surface area contributed by atoms with Crippen LogP contribution in [0.4, 0.5) is 48.3 Å². The lowest BCUT2D eigenvalue weighted by atomic mass is 10.1. The number of aryl methyl sites for hydroxylation is 2. The highest BCUT2D eigenvalue weighted by atomic mass is 32.2. The molecule has 0 fully saturated rings. The van der Waals surface area contributed by atoms with Crippen LogP contribution in [0.3, 0.4) is 0 Å². The lowest BCUT2D eigenvalue weighted by Gasteiger charge is -2.30. The third-order valence-electron chi connectivity index (χ3n) is 3.67. The molecule has 1 aromatic carbocycles. The van der Waals surface area contributed by atoms with Gasteiger partial charge < -0.3 is 5.11 Å². The van der Waals surface area contributed by atoms with Crippen molar-refractivity contribution in [1.29, 1.82) is 0 Å². The number of phenols is 1. The molecule has 0 aliphatic heterocycles. The quantitative estimate of drug-likeness (QED) is 0.204. The Morgan fingerprint density at radius 1 is 0.941 bits per heavy atom. The summed E-state index contributed by atoms with van der Waals surface area (Å²) in [6.07, 6.45) is -6.41. The van der Waals surface area contributed by atoms with Crippen molar-refractivity contribution >= 4 is 21.0 Å². The summed E-state index contributed by atoms with van der Waals surface area (Å²) < 4.78 is 157. The molecule has 0 spiro atoms. The minimum absolute atomic E-state index is 0.281. The van der Waals surface area contributed by atoms with Crippen LogP contribution in [0.5, 0.6) is 5.75 Å². The molecule has 0 radical (unpaired) electrons. The number of alkyl halides is 11. The fraction of sp³-hybridized carbons (Fsp3) is 0.625. The predicted molar refractivity (Wildman–Crippen MR) is 97.9 cm³/mol. The fourth-order valence-electron chi connectivity index (χ4n) is 1.84. The van der Waals surface area contributed by atoms with E-state index in [1.165, 1.54) is 4.90 Å². The van der Waals surface area contributed by atoms with Crippen molar-refractivity contribution in [3.05, 3.63) is 23.3 Å². The summed E-state index contributed by atoms with van der Waals surface area (Å²) in [7, 11) is -6.99. The first-order chi connectivity index (χ1) is 14.9. The molecule has 1 aromatic rings. The van der Waals surface area contributed by atoms with Gasteiger partial charge in [-0.15, -0.1) is 4.33 Å². The van der Waals surface area contributed by atoms with E-state index in [0.29, 0.717) is 5.75 Å². The molecule has 0 atom stereocenters. The summed E-state index contributed by atoms with van der Waals surface area (Å²) in [6.45, 7) is 1.19. The Hall–Kier alpha value is -1.53. The predicted octanol–water partition coefficient (Wildman–Crippen LogP) is 5.20. The zero-order valence-corrected chi connectivity index (χ0v) is 19.1. The van der Waals surface area contributed by atoms with Gasteiger partial charge in [0, 0.05) is 10.9 Å². The number of hydrogen-bond donors (Lipinski definition) is 1. The van der Waals surface area contributed by atoms with Crippen LogP contribution < -0.4 is 0 Å². The van der Waals surface area contributed by atoms with Gasteiger partial charge in [0.05, 0.1) is 0 Å². The standard InChI is InChI=1S/C10H14OS.C6H3F11O4S/c1-7-5-9(12(3)4)6-8(2)10(7)11;7-2(8)4(12,13)5(14,15)6(16,17)22(18,19)21-20-1-3(9,10)11/h5-6H,1-4H3;2H,1H2/p+1. The van der Waals surface area contributed by atoms with Gasteiger partial charge in [-0.1, -0.05) is 0 Å². The topological polar surface area (TPSA) is 72.8 Å². The molecule has 200 valence electrons. The van der Waals surface area contributed by atoms with E-state index in [4.69, 9.17) is 0 Å². The summed E-state index contributed by atoms with van der Waals surface area (Å²) in [5.41, 5.74) is 1.96. The minimum Gasteiger partial charge on any atom is -0.507 e. The number of halogens is 11. The average Bonchev–Trinajstić information content (AvgIpc) is 2.64. The number of aromatic hydroxyl groups is 1. The number of rotatable bonds is 8. The lowest BCUT2D eigenvalue weighted by Crippen LogP contribution is -2.60. The molecule has 0 aliphatic rings. The van der Waals surface area contributed by atoms with Crippen molar-refractivity contribution < 1.29 is 71.0 Å². The first kappa shape index (κ1) is 32.5. The smallest absolute Gasteiger partial charge is 0.440 e. The van der Waals surface area contributed by atoms with Crippen LogP contribution in [0.25, 0.3) is 0 Å². The van der Waals surface area contributed by atoms with Crippen molar-refractivity contribution in [1.82, 2.24) is 0 Å². The van der Waals surface area contributed by atoms with Gasteiger partial charge in [-0.05, 0) is 37.1 Å². The summed E-state index contributed by atoms with van der Waals surface area (Å²) >= 11 is 0. The molecule has 1 rings (SSSR count). The van der Waals surface area contributed by atoms with E-state index in [0.717, 1.165) is 11.1 Å². The van der Waals surface area contributed by atoms with E-state index < -0.39 is 46.4 Å². The maximum absolute atomic E-state index is 12.8. The van der Waals surface area contributed by atoms with Gasteiger partial charge >= 0.3 is 39.8 Å². The van der Waals surface area contributed by atoms with Crippen molar-refractivity contribution in [2.45, 2.75) is 48.4 Å². The first-order valence-electron chi connectivity index (χ1n) is 8.34.